The van der Waals surface area contributed by atoms with Gasteiger partial charge in [-0.2, -0.15) is 0 Å². The summed E-state index contributed by atoms with van der Waals surface area (Å²) >= 11 is 0. The minimum atomic E-state index is -0.811. The molecule has 0 aromatic heterocycles. The fourth-order valence-corrected chi connectivity index (χ4v) is 3.85. The van der Waals surface area contributed by atoms with Crippen LogP contribution in [0.2, 0.25) is 0 Å². The summed E-state index contributed by atoms with van der Waals surface area (Å²) in [5.41, 5.74) is 1.76. The minimum Gasteiger partial charge on any atom is -0.497 e. The first-order chi connectivity index (χ1) is 13.1. The lowest BCUT2D eigenvalue weighted by Crippen LogP contribution is -2.39. The number of aliphatic carboxylic acids is 1. The van der Waals surface area contributed by atoms with Crippen molar-refractivity contribution in [2.45, 2.75) is 24.9 Å². The Morgan fingerprint density at radius 1 is 1.07 bits per heavy atom. The average molecular weight is 371 g/mol. The predicted octanol–water partition coefficient (Wildman–Crippen LogP) is 3.35. The van der Waals surface area contributed by atoms with E-state index in [9.17, 15) is 9.90 Å². The van der Waals surface area contributed by atoms with Gasteiger partial charge in [-0.3, -0.25) is 9.69 Å². The van der Waals surface area contributed by atoms with Crippen molar-refractivity contribution in [3.63, 3.8) is 0 Å². The van der Waals surface area contributed by atoms with E-state index in [1.54, 1.807) is 21.3 Å². The van der Waals surface area contributed by atoms with Gasteiger partial charge < -0.3 is 19.3 Å². The molecular weight excluding hydrogens is 346 g/mol. The van der Waals surface area contributed by atoms with Crippen molar-refractivity contribution in [1.82, 2.24) is 4.90 Å². The molecule has 27 heavy (non-hydrogen) atoms. The van der Waals surface area contributed by atoms with E-state index in [1.165, 1.54) is 0 Å². The highest BCUT2D eigenvalue weighted by molar-refractivity contribution is 5.74. The second kappa shape index (κ2) is 8.31. The predicted molar refractivity (Wildman–Crippen MR) is 102 cm³/mol. The first-order valence-electron chi connectivity index (χ1n) is 8.94. The van der Waals surface area contributed by atoms with Crippen LogP contribution in [0.5, 0.6) is 17.2 Å². The van der Waals surface area contributed by atoms with E-state index >= 15 is 0 Å². The second-order valence-corrected chi connectivity index (χ2v) is 6.49. The lowest BCUT2D eigenvalue weighted by Gasteiger charge is -2.33. The van der Waals surface area contributed by atoms with Crippen molar-refractivity contribution < 1.29 is 24.1 Å². The molecule has 1 saturated heterocycles. The van der Waals surface area contributed by atoms with Gasteiger partial charge in [0.2, 0.25) is 0 Å². The van der Waals surface area contributed by atoms with Crippen LogP contribution in [-0.4, -0.2) is 49.9 Å². The molecule has 0 aliphatic carbocycles. The molecule has 144 valence electrons. The molecule has 2 aromatic rings. The summed E-state index contributed by atoms with van der Waals surface area (Å²) in [5, 5.41) is 9.75. The summed E-state index contributed by atoms with van der Waals surface area (Å²) in [4.78, 5) is 13.9. The van der Waals surface area contributed by atoms with Crippen LogP contribution in [0.25, 0.3) is 0 Å². The van der Waals surface area contributed by atoms with Gasteiger partial charge in [-0.25, -0.2) is 0 Å². The fraction of sp³-hybridized carbons (Fsp3) is 0.381. The molecule has 0 spiro atoms. The molecule has 2 aromatic carbocycles. The van der Waals surface area contributed by atoms with E-state index in [0.29, 0.717) is 24.5 Å². The number of ether oxygens (including phenoxy) is 3. The Labute approximate surface area is 159 Å². The summed E-state index contributed by atoms with van der Waals surface area (Å²) in [6, 6.07) is 12.4. The van der Waals surface area contributed by atoms with Crippen molar-refractivity contribution in [2.24, 2.45) is 0 Å². The van der Waals surface area contributed by atoms with Gasteiger partial charge in [-0.1, -0.05) is 18.2 Å². The molecule has 0 amide bonds. The number of hydrogen-bond acceptors (Lipinski definition) is 5. The Hall–Kier alpha value is -2.73. The van der Waals surface area contributed by atoms with Crippen molar-refractivity contribution in [2.75, 3.05) is 27.9 Å². The highest BCUT2D eigenvalue weighted by atomic mass is 16.5. The quantitative estimate of drug-likeness (QED) is 0.805. The normalized spacial score (nSPS) is 18.1. The molecule has 1 heterocycles. The number of likely N-dealkylation sites (tertiary alicyclic amines) is 1. The van der Waals surface area contributed by atoms with E-state index in [0.717, 1.165) is 23.3 Å². The Kier molecular flexibility index (Phi) is 5.86. The number of carbonyl (C=O) groups is 1. The summed E-state index contributed by atoms with van der Waals surface area (Å²) in [6.07, 6.45) is 1.45. The molecule has 0 bridgehead atoms. The van der Waals surface area contributed by atoms with Crippen LogP contribution in [0.3, 0.4) is 0 Å². The van der Waals surface area contributed by atoms with Crippen molar-refractivity contribution in [3.05, 3.63) is 53.6 Å². The maximum atomic E-state index is 11.9. The minimum absolute atomic E-state index is 0.324. The van der Waals surface area contributed by atoms with Gasteiger partial charge in [-0.15, -0.1) is 0 Å². The number of nitrogens with zero attached hydrogens (tertiary/aromatic N) is 1. The van der Waals surface area contributed by atoms with Crippen LogP contribution in [-0.2, 0) is 4.79 Å². The molecule has 6 nitrogen and oxygen atoms in total. The zero-order chi connectivity index (χ0) is 19.4. The SMILES string of the molecule is COc1cccc(C(c2c(OC)cccc2OC)N2CCCC2C(=O)O)c1. The Balaban J connectivity index is 2.21. The number of hydrogen-bond donors (Lipinski definition) is 1. The second-order valence-electron chi connectivity index (χ2n) is 6.49. The molecule has 3 rings (SSSR count). The molecule has 1 fully saturated rings. The maximum Gasteiger partial charge on any atom is 0.320 e. The van der Waals surface area contributed by atoms with Gasteiger partial charge in [0.15, 0.2) is 0 Å². The van der Waals surface area contributed by atoms with Gasteiger partial charge in [0.1, 0.15) is 23.3 Å². The zero-order valence-corrected chi connectivity index (χ0v) is 15.8. The largest absolute Gasteiger partial charge is 0.497 e. The molecule has 0 saturated carbocycles. The molecule has 6 heteroatoms. The lowest BCUT2D eigenvalue weighted by molar-refractivity contribution is -0.142. The first-order valence-corrected chi connectivity index (χ1v) is 8.94. The average Bonchev–Trinajstić information content (AvgIpc) is 3.18. The van der Waals surface area contributed by atoms with Gasteiger partial charge >= 0.3 is 5.97 Å². The van der Waals surface area contributed by atoms with E-state index in [-0.39, 0.29) is 6.04 Å². The van der Waals surface area contributed by atoms with E-state index in [4.69, 9.17) is 14.2 Å². The third-order valence-electron chi connectivity index (χ3n) is 5.06. The van der Waals surface area contributed by atoms with Crippen molar-refractivity contribution >= 4 is 5.97 Å². The standard InChI is InChI=1S/C21H25NO5/c1-25-15-8-4-7-14(13-15)20(22-12-6-9-16(22)21(23)24)19-17(26-2)10-5-11-18(19)27-3/h4-5,7-8,10-11,13,16,20H,6,9,12H2,1-3H3,(H,23,24). The van der Waals surface area contributed by atoms with Gasteiger partial charge in [0.25, 0.3) is 0 Å². The van der Waals surface area contributed by atoms with Crippen molar-refractivity contribution in [3.8, 4) is 17.2 Å². The molecular formula is C21H25NO5. The molecule has 1 N–H and O–H groups in total. The molecule has 1 aliphatic rings. The molecule has 1 aliphatic heterocycles. The van der Waals surface area contributed by atoms with Gasteiger partial charge in [-0.05, 0) is 42.7 Å². The van der Waals surface area contributed by atoms with Gasteiger partial charge in [0, 0.05) is 6.54 Å². The third-order valence-corrected chi connectivity index (χ3v) is 5.06. The molecule has 0 radical (unpaired) electrons. The first kappa shape index (κ1) is 19.0. The summed E-state index contributed by atoms with van der Waals surface area (Å²) in [5.74, 6) is 1.24. The summed E-state index contributed by atoms with van der Waals surface area (Å²) < 4.78 is 16.6. The van der Waals surface area contributed by atoms with E-state index < -0.39 is 12.0 Å². The van der Waals surface area contributed by atoms with Crippen LogP contribution in [0.1, 0.15) is 30.0 Å². The summed E-state index contributed by atoms with van der Waals surface area (Å²) in [6.45, 7) is 0.681. The van der Waals surface area contributed by atoms with E-state index in [2.05, 4.69) is 0 Å². The number of benzene rings is 2. The number of rotatable bonds is 7. The zero-order valence-electron chi connectivity index (χ0n) is 15.8. The van der Waals surface area contributed by atoms with Crippen LogP contribution < -0.4 is 14.2 Å². The van der Waals surface area contributed by atoms with Crippen LogP contribution in [0, 0.1) is 0 Å². The topological polar surface area (TPSA) is 68.2 Å². The fourth-order valence-electron chi connectivity index (χ4n) is 3.85. The van der Waals surface area contributed by atoms with Gasteiger partial charge in [0.05, 0.1) is 32.9 Å². The monoisotopic (exact) mass is 371 g/mol. The van der Waals surface area contributed by atoms with Crippen LogP contribution in [0.15, 0.2) is 42.5 Å². The Bertz CT molecular complexity index is 785. The summed E-state index contributed by atoms with van der Waals surface area (Å²) in [7, 11) is 4.84. The maximum absolute atomic E-state index is 11.9. The smallest absolute Gasteiger partial charge is 0.320 e. The Morgan fingerprint density at radius 2 is 1.74 bits per heavy atom. The molecule has 2 unspecified atom stereocenters. The molecule has 2 atom stereocenters. The van der Waals surface area contributed by atoms with E-state index in [1.807, 2.05) is 47.4 Å². The number of carboxylic acid groups (broad SMARTS) is 1. The Morgan fingerprint density at radius 3 is 2.33 bits per heavy atom. The van der Waals surface area contributed by atoms with Crippen LogP contribution >= 0.6 is 0 Å². The third kappa shape index (κ3) is 3.71. The highest BCUT2D eigenvalue weighted by Gasteiger charge is 2.39. The number of methoxy groups -OCH3 is 3. The highest BCUT2D eigenvalue weighted by Crippen LogP contribution is 2.44. The lowest BCUT2D eigenvalue weighted by atomic mass is 9.94. The number of carboxylic acids is 1. The van der Waals surface area contributed by atoms with Crippen molar-refractivity contribution in [1.29, 1.82) is 0 Å². The van der Waals surface area contributed by atoms with Crippen LogP contribution in [0.4, 0.5) is 0 Å².